The van der Waals surface area contributed by atoms with E-state index in [1.165, 1.54) is 5.75 Å². The number of hydrogen-bond acceptors (Lipinski definition) is 2. The first-order chi connectivity index (χ1) is 4.50. The maximum Gasteiger partial charge on any atom is 0.0554 e. The summed E-state index contributed by atoms with van der Waals surface area (Å²) in [6.07, 6.45) is 0. The first kappa shape index (κ1) is 8.79. The van der Waals surface area contributed by atoms with Gasteiger partial charge in [-0.1, -0.05) is 20.8 Å². The van der Waals surface area contributed by atoms with E-state index >= 15 is 0 Å². The summed E-state index contributed by atoms with van der Waals surface area (Å²) < 4.78 is 0.759. The number of thioether (sulfide) groups is 2. The summed E-state index contributed by atoms with van der Waals surface area (Å²) >= 11 is 4.08. The molecule has 59 valence electrons. The van der Waals surface area contributed by atoms with Crippen molar-refractivity contribution in [2.75, 3.05) is 5.75 Å². The van der Waals surface area contributed by atoms with Crippen molar-refractivity contribution in [2.24, 2.45) is 5.41 Å². The normalized spacial score (nSPS) is 34.8. The van der Waals surface area contributed by atoms with E-state index in [0.717, 1.165) is 4.58 Å². The molecule has 0 bridgehead atoms. The van der Waals surface area contributed by atoms with Crippen LogP contribution in [0.25, 0.3) is 0 Å². The van der Waals surface area contributed by atoms with E-state index in [9.17, 15) is 0 Å². The minimum atomic E-state index is 0.446. The van der Waals surface area contributed by atoms with Crippen LogP contribution in [-0.4, -0.2) is 15.6 Å². The van der Waals surface area contributed by atoms with Crippen LogP contribution in [0.3, 0.4) is 0 Å². The molecule has 0 aliphatic carbocycles. The SMILES string of the molecule is [CH2][C@H]1CS[C@H](C(C)(C)C)S1. The van der Waals surface area contributed by atoms with Crippen molar-refractivity contribution in [1.29, 1.82) is 0 Å². The molecule has 2 atom stereocenters. The Balaban J connectivity index is 2.45. The fourth-order valence-electron chi connectivity index (χ4n) is 0.902. The predicted octanol–water partition coefficient (Wildman–Crippen LogP) is 3.04. The third kappa shape index (κ3) is 2.09. The molecule has 1 aliphatic rings. The zero-order chi connectivity index (χ0) is 7.78. The Labute approximate surface area is 72.5 Å². The molecule has 1 saturated heterocycles. The molecule has 0 aromatic rings. The van der Waals surface area contributed by atoms with E-state index in [-0.39, 0.29) is 0 Å². The molecular formula is C8H15S2. The highest BCUT2D eigenvalue weighted by Crippen LogP contribution is 2.46. The molecule has 0 saturated carbocycles. The highest BCUT2D eigenvalue weighted by Gasteiger charge is 2.32. The van der Waals surface area contributed by atoms with Crippen molar-refractivity contribution in [3.63, 3.8) is 0 Å². The molecule has 0 unspecified atom stereocenters. The third-order valence-corrected chi connectivity index (χ3v) is 5.52. The van der Waals surface area contributed by atoms with Gasteiger partial charge in [-0.05, 0) is 12.3 Å². The van der Waals surface area contributed by atoms with Gasteiger partial charge in [0.1, 0.15) is 0 Å². The second-order valence-corrected chi connectivity index (χ2v) is 6.64. The topological polar surface area (TPSA) is 0 Å². The van der Waals surface area contributed by atoms with Gasteiger partial charge in [-0.25, -0.2) is 0 Å². The fraction of sp³-hybridized carbons (Fsp3) is 0.875. The van der Waals surface area contributed by atoms with Gasteiger partial charge < -0.3 is 0 Å². The maximum absolute atomic E-state index is 4.04. The lowest BCUT2D eigenvalue weighted by atomic mass is 10.0. The van der Waals surface area contributed by atoms with Gasteiger partial charge in [0, 0.05) is 11.0 Å². The first-order valence-corrected chi connectivity index (χ1v) is 5.59. The third-order valence-electron chi connectivity index (χ3n) is 1.46. The highest BCUT2D eigenvalue weighted by atomic mass is 32.2. The molecule has 0 spiro atoms. The van der Waals surface area contributed by atoms with E-state index in [2.05, 4.69) is 39.5 Å². The van der Waals surface area contributed by atoms with Gasteiger partial charge in [-0.3, -0.25) is 0 Å². The van der Waals surface area contributed by atoms with Crippen molar-refractivity contribution in [1.82, 2.24) is 0 Å². The average molecular weight is 175 g/mol. The summed E-state index contributed by atoms with van der Waals surface area (Å²) in [5, 5.41) is 0.620. The molecule has 0 N–H and O–H groups in total. The number of hydrogen-bond donors (Lipinski definition) is 0. The van der Waals surface area contributed by atoms with Crippen molar-refractivity contribution in [3.8, 4) is 0 Å². The lowest BCUT2D eigenvalue weighted by Crippen LogP contribution is -2.17. The Morgan fingerprint density at radius 3 is 2.20 bits per heavy atom. The van der Waals surface area contributed by atoms with Gasteiger partial charge in [0.15, 0.2) is 0 Å². The quantitative estimate of drug-likeness (QED) is 0.555. The van der Waals surface area contributed by atoms with Gasteiger partial charge in [0.25, 0.3) is 0 Å². The molecule has 1 fully saturated rings. The van der Waals surface area contributed by atoms with Crippen LogP contribution in [0.1, 0.15) is 20.8 Å². The Morgan fingerprint density at radius 2 is 2.00 bits per heavy atom. The van der Waals surface area contributed by atoms with Gasteiger partial charge in [-0.2, -0.15) is 0 Å². The monoisotopic (exact) mass is 175 g/mol. The first-order valence-electron chi connectivity index (χ1n) is 3.60. The van der Waals surface area contributed by atoms with Gasteiger partial charge in [0.2, 0.25) is 0 Å². The lowest BCUT2D eigenvalue weighted by Gasteiger charge is -2.24. The van der Waals surface area contributed by atoms with Crippen LogP contribution in [0.4, 0.5) is 0 Å². The van der Waals surface area contributed by atoms with Crippen LogP contribution in [0.15, 0.2) is 0 Å². The summed E-state index contributed by atoms with van der Waals surface area (Å²) in [4.78, 5) is 0. The summed E-state index contributed by atoms with van der Waals surface area (Å²) in [6.45, 7) is 10.9. The molecule has 1 rings (SSSR count). The molecule has 0 amide bonds. The summed E-state index contributed by atoms with van der Waals surface area (Å²) in [5.41, 5.74) is 0.446. The zero-order valence-electron chi connectivity index (χ0n) is 6.89. The highest BCUT2D eigenvalue weighted by molar-refractivity contribution is 8.20. The van der Waals surface area contributed by atoms with Crippen LogP contribution in [0.2, 0.25) is 0 Å². The Kier molecular flexibility index (Phi) is 2.62. The molecular weight excluding hydrogens is 160 g/mol. The zero-order valence-corrected chi connectivity index (χ0v) is 8.52. The van der Waals surface area contributed by atoms with E-state index in [1.54, 1.807) is 0 Å². The van der Waals surface area contributed by atoms with E-state index < -0.39 is 0 Å². The Bertz CT molecular complexity index is 115. The molecule has 0 aromatic heterocycles. The minimum Gasteiger partial charge on any atom is -0.146 e. The van der Waals surface area contributed by atoms with Gasteiger partial charge in [-0.15, -0.1) is 23.5 Å². The van der Waals surface area contributed by atoms with Crippen LogP contribution in [0.5, 0.6) is 0 Å². The predicted molar refractivity (Wildman–Crippen MR) is 52.4 cm³/mol. The maximum atomic E-state index is 4.04. The van der Waals surface area contributed by atoms with Crippen LogP contribution in [0, 0.1) is 12.3 Å². The largest absolute Gasteiger partial charge is 0.146 e. The molecule has 0 nitrogen and oxygen atoms in total. The van der Waals surface area contributed by atoms with E-state index in [1.807, 2.05) is 11.8 Å². The van der Waals surface area contributed by atoms with Crippen molar-refractivity contribution >= 4 is 23.5 Å². The summed E-state index contributed by atoms with van der Waals surface area (Å²) in [6, 6.07) is 0. The summed E-state index contributed by atoms with van der Waals surface area (Å²) in [5.74, 6) is 1.23. The molecule has 0 aromatic carbocycles. The Hall–Kier alpha value is 0.700. The molecule has 1 aliphatic heterocycles. The van der Waals surface area contributed by atoms with Gasteiger partial charge >= 0.3 is 0 Å². The number of rotatable bonds is 0. The molecule has 1 heterocycles. The second-order valence-electron chi connectivity index (χ2n) is 3.79. The smallest absolute Gasteiger partial charge is 0.0554 e. The van der Waals surface area contributed by atoms with Crippen molar-refractivity contribution in [2.45, 2.75) is 30.6 Å². The second kappa shape index (κ2) is 2.98. The molecule has 2 heteroatoms. The fourth-order valence-corrected chi connectivity index (χ4v) is 4.12. The van der Waals surface area contributed by atoms with Gasteiger partial charge in [0.05, 0.1) is 4.58 Å². The Morgan fingerprint density at radius 1 is 1.40 bits per heavy atom. The average Bonchev–Trinajstić information content (AvgIpc) is 2.11. The van der Waals surface area contributed by atoms with Crippen molar-refractivity contribution in [3.05, 3.63) is 6.92 Å². The van der Waals surface area contributed by atoms with E-state index in [4.69, 9.17) is 0 Å². The molecule has 1 radical (unpaired) electrons. The molecule has 10 heavy (non-hydrogen) atoms. The van der Waals surface area contributed by atoms with Crippen LogP contribution in [-0.2, 0) is 0 Å². The van der Waals surface area contributed by atoms with E-state index in [0.29, 0.717) is 10.7 Å². The summed E-state index contributed by atoms with van der Waals surface area (Å²) in [7, 11) is 0. The standard InChI is InChI=1S/C8H15S2/c1-6-5-9-7(10-6)8(2,3)4/h6-7H,1,5H2,2-4H3/t6-,7-/m0/s1. The van der Waals surface area contributed by atoms with Crippen LogP contribution < -0.4 is 0 Å². The van der Waals surface area contributed by atoms with Crippen molar-refractivity contribution < 1.29 is 0 Å². The lowest BCUT2D eigenvalue weighted by molar-refractivity contribution is 0.461. The minimum absolute atomic E-state index is 0.446. The van der Waals surface area contributed by atoms with Crippen LogP contribution >= 0.6 is 23.5 Å².